The Hall–Kier alpha value is -2.62. The number of nitrogens with zero attached hydrogens (tertiary/aromatic N) is 1. The molecule has 1 N–H and O–H groups in total. The standard InChI is InChI=1S/C20H24N2O2/c1-15(2)13-16(3)21-22-20(23)18-9-11-19(12-10-18)24-14-17-7-5-4-6-8-17/h4-12,15H,13-14H2,1-3H3,(H,22,23)/b21-16+. The number of carbonyl (C=O) groups excluding carboxylic acids is 1. The Kier molecular flexibility index (Phi) is 6.55. The molecular weight excluding hydrogens is 300 g/mol. The van der Waals surface area contributed by atoms with E-state index in [1.54, 1.807) is 24.3 Å². The lowest BCUT2D eigenvalue weighted by atomic mass is 10.1. The van der Waals surface area contributed by atoms with Gasteiger partial charge in [0.05, 0.1) is 0 Å². The summed E-state index contributed by atoms with van der Waals surface area (Å²) in [6.07, 6.45) is 0.868. The van der Waals surface area contributed by atoms with Gasteiger partial charge in [-0.1, -0.05) is 44.2 Å². The summed E-state index contributed by atoms with van der Waals surface area (Å²) in [7, 11) is 0. The maximum absolute atomic E-state index is 12.1. The van der Waals surface area contributed by atoms with Gasteiger partial charge in [-0.3, -0.25) is 4.79 Å². The highest BCUT2D eigenvalue weighted by molar-refractivity contribution is 5.95. The Bertz CT molecular complexity index is 677. The molecule has 0 atom stereocenters. The molecule has 0 aliphatic heterocycles. The van der Waals surface area contributed by atoms with E-state index in [2.05, 4.69) is 24.4 Å². The van der Waals surface area contributed by atoms with Gasteiger partial charge in [0.25, 0.3) is 5.91 Å². The predicted octanol–water partition coefficient (Wildman–Crippen LogP) is 4.42. The van der Waals surface area contributed by atoms with Crippen molar-refractivity contribution in [1.29, 1.82) is 0 Å². The van der Waals surface area contributed by atoms with Crippen LogP contribution in [0.3, 0.4) is 0 Å². The van der Waals surface area contributed by atoms with E-state index in [0.717, 1.165) is 23.4 Å². The van der Waals surface area contributed by atoms with E-state index in [-0.39, 0.29) is 5.91 Å². The molecule has 4 heteroatoms. The minimum Gasteiger partial charge on any atom is -0.489 e. The number of hydrogen-bond acceptors (Lipinski definition) is 3. The van der Waals surface area contributed by atoms with Crippen LogP contribution in [0.5, 0.6) is 5.75 Å². The van der Waals surface area contributed by atoms with Crippen LogP contribution < -0.4 is 10.2 Å². The molecule has 0 spiro atoms. The summed E-state index contributed by atoms with van der Waals surface area (Å²) in [5.41, 5.74) is 5.17. The molecule has 0 saturated carbocycles. The van der Waals surface area contributed by atoms with Gasteiger partial charge in [-0.05, 0) is 49.1 Å². The van der Waals surface area contributed by atoms with Crippen molar-refractivity contribution < 1.29 is 9.53 Å². The molecule has 126 valence electrons. The van der Waals surface area contributed by atoms with Crippen LogP contribution in [0.4, 0.5) is 0 Å². The zero-order valence-corrected chi connectivity index (χ0v) is 14.5. The first-order valence-corrected chi connectivity index (χ1v) is 8.15. The fourth-order valence-electron chi connectivity index (χ4n) is 2.29. The number of ether oxygens (including phenoxy) is 1. The van der Waals surface area contributed by atoms with E-state index >= 15 is 0 Å². The molecule has 2 rings (SSSR count). The molecule has 4 nitrogen and oxygen atoms in total. The van der Waals surface area contributed by atoms with Crippen molar-refractivity contribution in [2.45, 2.75) is 33.8 Å². The van der Waals surface area contributed by atoms with E-state index in [9.17, 15) is 4.79 Å². The summed E-state index contributed by atoms with van der Waals surface area (Å²) in [4.78, 5) is 12.1. The number of rotatable bonds is 7. The second-order valence-corrected chi connectivity index (χ2v) is 6.18. The average molecular weight is 324 g/mol. The van der Waals surface area contributed by atoms with Crippen molar-refractivity contribution in [2.24, 2.45) is 11.0 Å². The highest BCUT2D eigenvalue weighted by Gasteiger charge is 2.05. The number of hydrazone groups is 1. The highest BCUT2D eigenvalue weighted by Crippen LogP contribution is 2.14. The third kappa shape index (κ3) is 5.88. The monoisotopic (exact) mass is 324 g/mol. The maximum atomic E-state index is 12.1. The van der Waals surface area contributed by atoms with Crippen LogP contribution in [0, 0.1) is 5.92 Å². The molecule has 0 unspecified atom stereocenters. The first-order chi connectivity index (χ1) is 11.5. The van der Waals surface area contributed by atoms with E-state index in [0.29, 0.717) is 18.1 Å². The van der Waals surface area contributed by atoms with Gasteiger partial charge in [-0.25, -0.2) is 5.43 Å². The molecule has 0 radical (unpaired) electrons. The first-order valence-electron chi connectivity index (χ1n) is 8.15. The largest absolute Gasteiger partial charge is 0.489 e. The summed E-state index contributed by atoms with van der Waals surface area (Å²) < 4.78 is 5.71. The van der Waals surface area contributed by atoms with Gasteiger partial charge in [-0.2, -0.15) is 5.10 Å². The third-order valence-corrected chi connectivity index (χ3v) is 3.42. The highest BCUT2D eigenvalue weighted by atomic mass is 16.5. The van der Waals surface area contributed by atoms with Crippen LogP contribution in [0.2, 0.25) is 0 Å². The van der Waals surface area contributed by atoms with E-state index in [4.69, 9.17) is 4.74 Å². The Balaban J connectivity index is 1.88. The zero-order chi connectivity index (χ0) is 17.4. The summed E-state index contributed by atoms with van der Waals surface area (Å²) in [5.74, 6) is 1.04. The molecule has 0 fully saturated rings. The molecule has 24 heavy (non-hydrogen) atoms. The normalized spacial score (nSPS) is 11.4. The topological polar surface area (TPSA) is 50.7 Å². The molecule has 0 aliphatic carbocycles. The smallest absolute Gasteiger partial charge is 0.271 e. The second-order valence-electron chi connectivity index (χ2n) is 6.18. The van der Waals surface area contributed by atoms with Crippen LogP contribution in [0.1, 0.15) is 43.1 Å². The number of benzene rings is 2. The van der Waals surface area contributed by atoms with Gasteiger partial charge in [-0.15, -0.1) is 0 Å². The molecule has 2 aromatic rings. The predicted molar refractivity (Wildman–Crippen MR) is 97.2 cm³/mol. The SMILES string of the molecule is C/C(CC(C)C)=N\NC(=O)c1ccc(OCc2ccccc2)cc1. The van der Waals surface area contributed by atoms with Crippen LogP contribution >= 0.6 is 0 Å². The number of amides is 1. The molecule has 0 saturated heterocycles. The van der Waals surface area contributed by atoms with E-state index in [1.807, 2.05) is 37.3 Å². The van der Waals surface area contributed by atoms with Crippen LogP contribution in [-0.4, -0.2) is 11.6 Å². The van der Waals surface area contributed by atoms with Crippen molar-refractivity contribution in [2.75, 3.05) is 0 Å². The molecule has 0 aliphatic rings. The molecule has 0 heterocycles. The van der Waals surface area contributed by atoms with Gasteiger partial charge >= 0.3 is 0 Å². The minimum absolute atomic E-state index is 0.215. The van der Waals surface area contributed by atoms with Gasteiger partial charge < -0.3 is 4.74 Å². The summed E-state index contributed by atoms with van der Waals surface area (Å²) in [6, 6.07) is 17.0. The number of nitrogens with one attached hydrogen (secondary N) is 1. The molecule has 1 amide bonds. The minimum atomic E-state index is -0.215. The molecule has 0 bridgehead atoms. The van der Waals surface area contributed by atoms with Crippen LogP contribution in [0.15, 0.2) is 59.7 Å². The Labute approximate surface area is 143 Å². The summed E-state index contributed by atoms with van der Waals surface area (Å²) >= 11 is 0. The van der Waals surface area contributed by atoms with Gasteiger partial charge in [0.1, 0.15) is 12.4 Å². The first kappa shape index (κ1) is 17.7. The average Bonchev–Trinajstić information content (AvgIpc) is 2.58. The fraction of sp³-hybridized carbons (Fsp3) is 0.300. The molecular formula is C20H24N2O2. The number of carbonyl (C=O) groups is 1. The molecule has 2 aromatic carbocycles. The van der Waals surface area contributed by atoms with Crippen LogP contribution in [0.25, 0.3) is 0 Å². The van der Waals surface area contributed by atoms with Crippen LogP contribution in [-0.2, 0) is 6.61 Å². The summed E-state index contributed by atoms with van der Waals surface area (Å²) in [5, 5.41) is 4.12. The second kappa shape index (κ2) is 8.87. The van der Waals surface area contributed by atoms with Crippen molar-refractivity contribution in [1.82, 2.24) is 5.43 Å². The van der Waals surface area contributed by atoms with E-state index < -0.39 is 0 Å². The van der Waals surface area contributed by atoms with Gasteiger partial charge in [0.2, 0.25) is 0 Å². The lowest BCUT2D eigenvalue weighted by Gasteiger charge is -2.07. The quantitative estimate of drug-likeness (QED) is 0.605. The van der Waals surface area contributed by atoms with E-state index in [1.165, 1.54) is 0 Å². The van der Waals surface area contributed by atoms with Gasteiger partial charge in [0, 0.05) is 11.3 Å². The van der Waals surface area contributed by atoms with Crippen molar-refractivity contribution in [3.8, 4) is 5.75 Å². The van der Waals surface area contributed by atoms with Gasteiger partial charge in [0.15, 0.2) is 0 Å². The fourth-order valence-corrected chi connectivity index (χ4v) is 2.29. The summed E-state index contributed by atoms with van der Waals surface area (Å²) in [6.45, 7) is 6.66. The Morgan fingerprint density at radius 1 is 1.08 bits per heavy atom. The zero-order valence-electron chi connectivity index (χ0n) is 14.5. The lowest BCUT2D eigenvalue weighted by molar-refractivity contribution is 0.0954. The lowest BCUT2D eigenvalue weighted by Crippen LogP contribution is -2.19. The maximum Gasteiger partial charge on any atom is 0.271 e. The molecule has 0 aromatic heterocycles. The van der Waals surface area contributed by atoms with Crippen molar-refractivity contribution >= 4 is 11.6 Å². The number of hydrogen-bond donors (Lipinski definition) is 1. The third-order valence-electron chi connectivity index (χ3n) is 3.42. The Morgan fingerprint density at radius 2 is 1.75 bits per heavy atom. The Morgan fingerprint density at radius 3 is 2.38 bits per heavy atom. The van der Waals surface area contributed by atoms with Crippen molar-refractivity contribution in [3.63, 3.8) is 0 Å². The van der Waals surface area contributed by atoms with Crippen molar-refractivity contribution in [3.05, 3.63) is 65.7 Å².